The summed E-state index contributed by atoms with van der Waals surface area (Å²) in [7, 11) is 0. The number of hydrogen-bond acceptors (Lipinski definition) is 3. The van der Waals surface area contributed by atoms with Gasteiger partial charge >= 0.3 is 0 Å². The summed E-state index contributed by atoms with van der Waals surface area (Å²) in [4.78, 5) is 34.5. The first-order valence-electron chi connectivity index (χ1n) is 9.21. The van der Waals surface area contributed by atoms with Gasteiger partial charge in [-0.15, -0.1) is 0 Å². The summed E-state index contributed by atoms with van der Waals surface area (Å²) in [6, 6.07) is 7.80. The molecule has 6 heteroatoms. The first-order chi connectivity index (χ1) is 12.5. The number of amides is 2. The molecule has 2 aromatic rings. The molecular weight excluding hydrogens is 328 g/mol. The van der Waals surface area contributed by atoms with E-state index in [4.69, 9.17) is 0 Å². The summed E-state index contributed by atoms with van der Waals surface area (Å²) >= 11 is 0. The second kappa shape index (κ2) is 6.59. The zero-order chi connectivity index (χ0) is 18.3. The minimum atomic E-state index is -0.124. The Labute approximate surface area is 153 Å². The number of rotatable bonds is 3. The fraction of sp³-hybridized carbons (Fsp3) is 0.450. The summed E-state index contributed by atoms with van der Waals surface area (Å²) in [6.45, 7) is 4.50. The van der Waals surface area contributed by atoms with Crippen molar-refractivity contribution in [1.29, 1.82) is 0 Å². The van der Waals surface area contributed by atoms with E-state index in [2.05, 4.69) is 15.3 Å². The number of aryl methyl sites for hydroxylation is 3. The number of anilines is 1. The molecule has 0 bridgehead atoms. The topological polar surface area (TPSA) is 78.1 Å². The lowest BCUT2D eigenvalue weighted by molar-refractivity contribution is -0.126. The fourth-order valence-corrected chi connectivity index (χ4v) is 3.94. The number of imidazole rings is 1. The zero-order valence-corrected chi connectivity index (χ0v) is 15.2. The molecule has 1 aromatic heterocycles. The highest BCUT2D eigenvalue weighted by Crippen LogP contribution is 2.26. The van der Waals surface area contributed by atoms with Crippen LogP contribution in [0, 0.1) is 19.8 Å². The van der Waals surface area contributed by atoms with Gasteiger partial charge in [0.05, 0.1) is 11.7 Å². The monoisotopic (exact) mass is 352 g/mol. The lowest BCUT2D eigenvalue weighted by atomic mass is 9.89. The Morgan fingerprint density at radius 1 is 1.23 bits per heavy atom. The van der Waals surface area contributed by atoms with Crippen LogP contribution in [0.3, 0.4) is 0 Å². The number of benzene rings is 1. The third-order valence-electron chi connectivity index (χ3n) is 5.35. The zero-order valence-electron chi connectivity index (χ0n) is 15.2. The smallest absolute Gasteiger partial charge is 0.229 e. The Hall–Kier alpha value is -2.63. The van der Waals surface area contributed by atoms with Gasteiger partial charge in [-0.05, 0) is 38.8 Å². The molecule has 0 spiro atoms. The van der Waals surface area contributed by atoms with Gasteiger partial charge in [0.2, 0.25) is 11.8 Å². The van der Waals surface area contributed by atoms with E-state index in [1.165, 1.54) is 0 Å². The highest BCUT2D eigenvalue weighted by atomic mass is 16.2. The Bertz CT molecular complexity index is 840. The van der Waals surface area contributed by atoms with Crippen molar-refractivity contribution in [2.24, 2.45) is 5.92 Å². The van der Waals surface area contributed by atoms with E-state index in [-0.39, 0.29) is 23.8 Å². The van der Waals surface area contributed by atoms with Crippen molar-refractivity contribution in [2.45, 2.75) is 45.6 Å². The number of aromatic amines is 1. The molecule has 6 nitrogen and oxygen atoms in total. The predicted octanol–water partition coefficient (Wildman–Crippen LogP) is 2.05. The molecule has 1 aliphatic carbocycles. The van der Waals surface area contributed by atoms with E-state index in [0.29, 0.717) is 19.4 Å². The first-order valence-corrected chi connectivity index (χ1v) is 9.21. The van der Waals surface area contributed by atoms with E-state index in [1.807, 2.05) is 38.1 Å². The molecular formula is C20H24N4O2. The molecule has 1 fully saturated rings. The van der Waals surface area contributed by atoms with Crippen LogP contribution in [0.2, 0.25) is 0 Å². The van der Waals surface area contributed by atoms with Crippen LogP contribution in [0.4, 0.5) is 5.69 Å². The Morgan fingerprint density at radius 2 is 2.00 bits per heavy atom. The number of aromatic nitrogens is 2. The number of nitrogens with one attached hydrogen (secondary N) is 2. The van der Waals surface area contributed by atoms with Crippen LogP contribution in [-0.2, 0) is 22.4 Å². The van der Waals surface area contributed by atoms with Crippen molar-refractivity contribution < 1.29 is 9.59 Å². The molecule has 136 valence electrons. The van der Waals surface area contributed by atoms with Crippen LogP contribution in [0.15, 0.2) is 24.3 Å². The van der Waals surface area contributed by atoms with Gasteiger partial charge in [0, 0.05) is 36.7 Å². The number of H-pyrrole nitrogens is 1. The van der Waals surface area contributed by atoms with Gasteiger partial charge in [0.15, 0.2) is 0 Å². The van der Waals surface area contributed by atoms with E-state index in [9.17, 15) is 9.59 Å². The van der Waals surface area contributed by atoms with Gasteiger partial charge in [-0.2, -0.15) is 0 Å². The van der Waals surface area contributed by atoms with Crippen LogP contribution in [0.5, 0.6) is 0 Å². The standard InChI is InChI=1S/C20H24N4O2/c1-12-3-6-16(7-4-12)24-11-15(10-19(24)25)23-20(26)14-5-8-17-18(9-14)22-13(2)21-17/h3-4,6-7,14-15H,5,8-11H2,1-2H3,(H,21,22)(H,23,26)/t14-,15-/m0/s1. The highest BCUT2D eigenvalue weighted by Gasteiger charge is 2.34. The number of nitrogens with zero attached hydrogens (tertiary/aromatic N) is 2. The number of carbonyl (C=O) groups is 2. The molecule has 1 aromatic carbocycles. The minimum absolute atomic E-state index is 0.0476. The molecule has 2 aliphatic rings. The molecule has 2 N–H and O–H groups in total. The van der Waals surface area contributed by atoms with Crippen LogP contribution in [0.1, 0.15) is 35.6 Å². The molecule has 0 radical (unpaired) electrons. The van der Waals surface area contributed by atoms with Gasteiger partial charge in [-0.25, -0.2) is 4.98 Å². The Balaban J connectivity index is 1.38. The van der Waals surface area contributed by atoms with E-state index < -0.39 is 0 Å². The maximum Gasteiger partial charge on any atom is 0.229 e. The van der Waals surface area contributed by atoms with Crippen molar-refractivity contribution in [3.05, 3.63) is 47.0 Å². The highest BCUT2D eigenvalue weighted by molar-refractivity contribution is 5.97. The van der Waals surface area contributed by atoms with Gasteiger partial charge in [-0.3, -0.25) is 9.59 Å². The molecule has 2 heterocycles. The van der Waals surface area contributed by atoms with E-state index >= 15 is 0 Å². The Kier molecular flexibility index (Phi) is 4.26. The lowest BCUT2D eigenvalue weighted by Gasteiger charge is -2.23. The molecule has 4 rings (SSSR count). The van der Waals surface area contributed by atoms with Crippen LogP contribution >= 0.6 is 0 Å². The maximum absolute atomic E-state index is 12.7. The van der Waals surface area contributed by atoms with Gasteiger partial charge in [0.1, 0.15) is 5.82 Å². The maximum atomic E-state index is 12.7. The molecule has 1 saturated heterocycles. The summed E-state index contributed by atoms with van der Waals surface area (Å²) in [5.74, 6) is 0.970. The SMILES string of the molecule is Cc1ccc(N2C[C@@H](NC(=O)[C@H]3CCc4nc(C)[nH]c4C3)CC2=O)cc1. The normalized spacial score (nSPS) is 22.4. The molecule has 2 amide bonds. The molecule has 0 unspecified atom stereocenters. The van der Waals surface area contributed by atoms with Crippen molar-refractivity contribution in [3.8, 4) is 0 Å². The van der Waals surface area contributed by atoms with Crippen LogP contribution < -0.4 is 10.2 Å². The van der Waals surface area contributed by atoms with Gasteiger partial charge in [-0.1, -0.05) is 17.7 Å². The quantitative estimate of drug-likeness (QED) is 0.887. The second-order valence-corrected chi connectivity index (χ2v) is 7.44. The average Bonchev–Trinajstić information content (AvgIpc) is 3.16. The van der Waals surface area contributed by atoms with Crippen LogP contribution in [0.25, 0.3) is 0 Å². The number of hydrogen-bond donors (Lipinski definition) is 2. The minimum Gasteiger partial charge on any atom is -0.351 e. The molecule has 2 atom stereocenters. The summed E-state index contributed by atoms with van der Waals surface area (Å²) in [5.41, 5.74) is 4.23. The summed E-state index contributed by atoms with van der Waals surface area (Å²) < 4.78 is 0. The fourth-order valence-electron chi connectivity index (χ4n) is 3.94. The molecule has 1 aliphatic heterocycles. The van der Waals surface area contributed by atoms with Gasteiger partial charge in [0.25, 0.3) is 0 Å². The van der Waals surface area contributed by atoms with Gasteiger partial charge < -0.3 is 15.2 Å². The molecule has 0 saturated carbocycles. The van der Waals surface area contributed by atoms with Crippen molar-refractivity contribution in [1.82, 2.24) is 15.3 Å². The molecule has 26 heavy (non-hydrogen) atoms. The third kappa shape index (κ3) is 3.23. The average molecular weight is 352 g/mol. The lowest BCUT2D eigenvalue weighted by Crippen LogP contribution is -2.42. The second-order valence-electron chi connectivity index (χ2n) is 7.44. The summed E-state index contributed by atoms with van der Waals surface area (Å²) in [6.07, 6.45) is 2.70. The van der Waals surface area contributed by atoms with E-state index in [1.54, 1.807) is 4.90 Å². The van der Waals surface area contributed by atoms with Crippen molar-refractivity contribution in [2.75, 3.05) is 11.4 Å². The third-order valence-corrected chi connectivity index (χ3v) is 5.35. The summed E-state index contributed by atoms with van der Waals surface area (Å²) in [5, 5.41) is 3.09. The van der Waals surface area contributed by atoms with Crippen molar-refractivity contribution >= 4 is 17.5 Å². The van der Waals surface area contributed by atoms with Crippen LogP contribution in [-0.4, -0.2) is 34.4 Å². The largest absolute Gasteiger partial charge is 0.351 e. The van der Waals surface area contributed by atoms with E-state index in [0.717, 1.165) is 41.3 Å². The number of carbonyl (C=O) groups excluding carboxylic acids is 2. The first kappa shape index (κ1) is 16.8. The Morgan fingerprint density at radius 3 is 2.77 bits per heavy atom. The number of fused-ring (bicyclic) bond motifs is 1. The van der Waals surface area contributed by atoms with Crippen molar-refractivity contribution in [3.63, 3.8) is 0 Å². The predicted molar refractivity (Wildman–Crippen MR) is 98.9 cm³/mol.